The first-order valence-corrected chi connectivity index (χ1v) is 7.31. The molecule has 0 radical (unpaired) electrons. The number of methoxy groups -OCH3 is 2. The summed E-state index contributed by atoms with van der Waals surface area (Å²) in [7, 11) is 3.29. The summed E-state index contributed by atoms with van der Waals surface area (Å²) in [6.07, 6.45) is 0.934. The summed E-state index contributed by atoms with van der Waals surface area (Å²) >= 11 is 0. The molecule has 1 N–H and O–H groups in total. The van der Waals surface area contributed by atoms with Crippen molar-refractivity contribution in [3.8, 4) is 17.4 Å². The number of fused-ring (bicyclic) bond motifs is 1. The van der Waals surface area contributed by atoms with Crippen molar-refractivity contribution in [1.82, 2.24) is 10.3 Å². The quantitative estimate of drug-likeness (QED) is 0.917. The molecule has 0 fully saturated rings. The van der Waals surface area contributed by atoms with Gasteiger partial charge in [0.1, 0.15) is 18.1 Å². The molecule has 0 spiro atoms. The van der Waals surface area contributed by atoms with Gasteiger partial charge in [-0.25, -0.2) is 4.98 Å². The number of benzene rings is 1. The van der Waals surface area contributed by atoms with Gasteiger partial charge in [0.15, 0.2) is 0 Å². The fourth-order valence-corrected chi connectivity index (χ4v) is 2.53. The van der Waals surface area contributed by atoms with E-state index in [2.05, 4.69) is 16.4 Å². The SMILES string of the molecule is COc1ccc2c(c1)OCC(NCc1cccc(OC)n1)C2. The highest BCUT2D eigenvalue weighted by Crippen LogP contribution is 2.29. The van der Waals surface area contributed by atoms with Crippen molar-refractivity contribution in [3.05, 3.63) is 47.7 Å². The smallest absolute Gasteiger partial charge is 0.213 e. The van der Waals surface area contributed by atoms with Gasteiger partial charge in [0, 0.05) is 24.7 Å². The molecule has 0 amide bonds. The molecule has 0 saturated carbocycles. The average molecular weight is 300 g/mol. The lowest BCUT2D eigenvalue weighted by Gasteiger charge is -2.26. The number of hydrogen-bond donors (Lipinski definition) is 1. The molecule has 0 bridgehead atoms. The van der Waals surface area contributed by atoms with Gasteiger partial charge in [-0.3, -0.25) is 0 Å². The van der Waals surface area contributed by atoms with Gasteiger partial charge in [-0.2, -0.15) is 0 Å². The Hall–Kier alpha value is -2.27. The fourth-order valence-electron chi connectivity index (χ4n) is 2.53. The van der Waals surface area contributed by atoms with Crippen LogP contribution in [0.1, 0.15) is 11.3 Å². The predicted octanol–water partition coefficient (Wildman–Crippen LogP) is 2.19. The molecule has 22 heavy (non-hydrogen) atoms. The number of nitrogens with one attached hydrogen (secondary N) is 1. The maximum atomic E-state index is 5.82. The van der Waals surface area contributed by atoms with Crippen LogP contribution >= 0.6 is 0 Å². The first-order chi connectivity index (χ1) is 10.8. The van der Waals surface area contributed by atoms with Crippen LogP contribution in [0.15, 0.2) is 36.4 Å². The third-order valence-corrected chi connectivity index (χ3v) is 3.74. The summed E-state index contributed by atoms with van der Waals surface area (Å²) in [4.78, 5) is 4.40. The van der Waals surface area contributed by atoms with Crippen molar-refractivity contribution in [1.29, 1.82) is 0 Å². The van der Waals surface area contributed by atoms with Crippen LogP contribution in [0.2, 0.25) is 0 Å². The Labute approximate surface area is 130 Å². The lowest BCUT2D eigenvalue weighted by Crippen LogP contribution is -2.39. The van der Waals surface area contributed by atoms with Gasteiger partial charge in [-0.15, -0.1) is 0 Å². The minimum atomic E-state index is 0.272. The molecule has 1 atom stereocenters. The van der Waals surface area contributed by atoms with E-state index in [1.54, 1.807) is 14.2 Å². The highest BCUT2D eigenvalue weighted by molar-refractivity contribution is 5.42. The second kappa shape index (κ2) is 6.66. The summed E-state index contributed by atoms with van der Waals surface area (Å²) in [5.41, 5.74) is 2.16. The summed E-state index contributed by atoms with van der Waals surface area (Å²) in [5, 5.41) is 3.48. The Morgan fingerprint density at radius 1 is 1.23 bits per heavy atom. The van der Waals surface area contributed by atoms with Gasteiger partial charge in [-0.1, -0.05) is 12.1 Å². The van der Waals surface area contributed by atoms with Gasteiger partial charge >= 0.3 is 0 Å². The molecular weight excluding hydrogens is 280 g/mol. The zero-order valence-corrected chi connectivity index (χ0v) is 12.8. The van der Waals surface area contributed by atoms with Crippen LogP contribution in [0.25, 0.3) is 0 Å². The number of aromatic nitrogens is 1. The second-order valence-corrected chi connectivity index (χ2v) is 5.24. The molecular formula is C17H20N2O3. The molecule has 0 aliphatic carbocycles. The van der Waals surface area contributed by atoms with Crippen LogP contribution in [0.4, 0.5) is 0 Å². The van der Waals surface area contributed by atoms with Crippen LogP contribution in [0.5, 0.6) is 17.4 Å². The van der Waals surface area contributed by atoms with E-state index in [1.165, 1.54) is 5.56 Å². The molecule has 0 saturated heterocycles. The van der Waals surface area contributed by atoms with E-state index >= 15 is 0 Å². The summed E-state index contributed by atoms with van der Waals surface area (Å²) in [6, 6.07) is 12.0. The number of pyridine rings is 1. The number of nitrogens with zero attached hydrogens (tertiary/aromatic N) is 1. The summed E-state index contributed by atoms with van der Waals surface area (Å²) < 4.78 is 16.2. The summed E-state index contributed by atoms with van der Waals surface area (Å²) in [6.45, 7) is 1.33. The first-order valence-electron chi connectivity index (χ1n) is 7.31. The van der Waals surface area contributed by atoms with E-state index in [1.807, 2.05) is 30.3 Å². The van der Waals surface area contributed by atoms with Crippen molar-refractivity contribution < 1.29 is 14.2 Å². The van der Waals surface area contributed by atoms with E-state index < -0.39 is 0 Å². The minimum Gasteiger partial charge on any atom is -0.497 e. The molecule has 116 valence electrons. The van der Waals surface area contributed by atoms with Crippen molar-refractivity contribution in [2.75, 3.05) is 20.8 Å². The monoisotopic (exact) mass is 300 g/mol. The maximum Gasteiger partial charge on any atom is 0.213 e. The Bertz CT molecular complexity index is 646. The molecule has 2 heterocycles. The zero-order chi connectivity index (χ0) is 15.4. The molecule has 1 aromatic heterocycles. The highest BCUT2D eigenvalue weighted by atomic mass is 16.5. The highest BCUT2D eigenvalue weighted by Gasteiger charge is 2.20. The van der Waals surface area contributed by atoms with Crippen LogP contribution in [0, 0.1) is 0 Å². The predicted molar refractivity (Wildman–Crippen MR) is 83.6 cm³/mol. The van der Waals surface area contributed by atoms with E-state index in [0.717, 1.165) is 23.6 Å². The van der Waals surface area contributed by atoms with Crippen molar-refractivity contribution in [2.45, 2.75) is 19.0 Å². The Morgan fingerprint density at radius 2 is 2.14 bits per heavy atom. The molecule has 1 unspecified atom stereocenters. The molecule has 1 aliphatic heterocycles. The van der Waals surface area contributed by atoms with E-state index in [0.29, 0.717) is 19.0 Å². The van der Waals surface area contributed by atoms with Crippen LogP contribution in [0.3, 0.4) is 0 Å². The van der Waals surface area contributed by atoms with Gasteiger partial charge in [0.05, 0.1) is 19.9 Å². The van der Waals surface area contributed by atoms with Gasteiger partial charge < -0.3 is 19.5 Å². The summed E-state index contributed by atoms with van der Waals surface area (Å²) in [5.74, 6) is 2.37. The number of rotatable bonds is 5. The zero-order valence-electron chi connectivity index (χ0n) is 12.8. The van der Waals surface area contributed by atoms with Crippen LogP contribution in [-0.2, 0) is 13.0 Å². The molecule has 3 rings (SSSR count). The number of hydrogen-bond acceptors (Lipinski definition) is 5. The van der Waals surface area contributed by atoms with E-state index in [-0.39, 0.29) is 6.04 Å². The Kier molecular flexibility index (Phi) is 4.44. The fraction of sp³-hybridized carbons (Fsp3) is 0.353. The Morgan fingerprint density at radius 3 is 2.95 bits per heavy atom. The molecule has 1 aromatic carbocycles. The van der Waals surface area contributed by atoms with E-state index in [9.17, 15) is 0 Å². The molecule has 1 aliphatic rings. The first kappa shape index (κ1) is 14.7. The van der Waals surface area contributed by atoms with Gasteiger partial charge in [0.2, 0.25) is 5.88 Å². The topological polar surface area (TPSA) is 52.6 Å². The third-order valence-electron chi connectivity index (χ3n) is 3.74. The van der Waals surface area contributed by atoms with E-state index in [4.69, 9.17) is 14.2 Å². The van der Waals surface area contributed by atoms with Gasteiger partial charge in [-0.05, 0) is 24.1 Å². The molecule has 5 nitrogen and oxygen atoms in total. The maximum absolute atomic E-state index is 5.82. The third kappa shape index (κ3) is 3.31. The van der Waals surface area contributed by atoms with Crippen molar-refractivity contribution in [2.24, 2.45) is 0 Å². The Balaban J connectivity index is 1.60. The van der Waals surface area contributed by atoms with Gasteiger partial charge in [0.25, 0.3) is 0 Å². The van der Waals surface area contributed by atoms with Crippen LogP contribution < -0.4 is 19.5 Å². The average Bonchev–Trinajstić information content (AvgIpc) is 2.59. The normalized spacial score (nSPS) is 16.5. The van der Waals surface area contributed by atoms with Crippen molar-refractivity contribution >= 4 is 0 Å². The second-order valence-electron chi connectivity index (χ2n) is 5.24. The van der Waals surface area contributed by atoms with Crippen molar-refractivity contribution in [3.63, 3.8) is 0 Å². The van der Waals surface area contributed by atoms with Crippen LogP contribution in [-0.4, -0.2) is 31.9 Å². The lowest BCUT2D eigenvalue weighted by atomic mass is 10.0. The largest absolute Gasteiger partial charge is 0.497 e. The lowest BCUT2D eigenvalue weighted by molar-refractivity contribution is 0.236. The standard InChI is InChI=1S/C17H20N2O3/c1-20-15-7-6-12-8-14(11-22-16(12)9-15)18-10-13-4-3-5-17(19-13)21-2/h3-7,9,14,18H,8,10-11H2,1-2H3. The number of ether oxygens (including phenoxy) is 3. The molecule has 5 heteroatoms. The minimum absolute atomic E-state index is 0.272. The molecule has 2 aromatic rings.